The predicted octanol–water partition coefficient (Wildman–Crippen LogP) is 2.52. The number of halogens is 1. The molecular weight excluding hydrogens is 325 g/mol. The van der Waals surface area contributed by atoms with Gasteiger partial charge >= 0.3 is 5.97 Å². The minimum absolute atomic E-state index is 0.0362. The molecule has 7 heteroatoms. The lowest BCUT2D eigenvalue weighted by molar-refractivity contribution is -0.132. The number of hydrogen-bond donors (Lipinski definition) is 1. The van der Waals surface area contributed by atoms with E-state index < -0.39 is 5.97 Å². The Morgan fingerprint density at radius 3 is 2.64 bits per heavy atom. The Morgan fingerprint density at radius 1 is 1.20 bits per heavy atom. The molecule has 1 N–H and O–H groups in total. The maximum absolute atomic E-state index is 13.1. The zero-order valence-corrected chi connectivity index (χ0v) is 13.8. The third-order valence-electron chi connectivity index (χ3n) is 4.60. The highest BCUT2D eigenvalue weighted by atomic mass is 19.1. The lowest BCUT2D eigenvalue weighted by Gasteiger charge is -2.20. The van der Waals surface area contributed by atoms with Gasteiger partial charge in [0.25, 0.3) is 0 Å². The fourth-order valence-electron chi connectivity index (χ4n) is 3.21. The number of amides is 1. The summed E-state index contributed by atoms with van der Waals surface area (Å²) in [5, 5.41) is 12.8. The lowest BCUT2D eigenvalue weighted by atomic mass is 9.92. The van der Waals surface area contributed by atoms with E-state index in [-0.39, 0.29) is 23.8 Å². The van der Waals surface area contributed by atoms with Crippen LogP contribution in [0.3, 0.4) is 0 Å². The molecule has 1 aromatic carbocycles. The van der Waals surface area contributed by atoms with E-state index in [1.54, 1.807) is 4.90 Å². The summed E-state index contributed by atoms with van der Waals surface area (Å²) < 4.78 is 14.4. The third-order valence-corrected chi connectivity index (χ3v) is 4.60. The van der Waals surface area contributed by atoms with Crippen LogP contribution in [0.5, 0.6) is 0 Å². The largest absolute Gasteiger partial charge is 0.478 e. The predicted molar refractivity (Wildman–Crippen MR) is 88.8 cm³/mol. The minimum Gasteiger partial charge on any atom is -0.478 e. The molecule has 1 aliphatic heterocycles. The number of carboxylic acid groups (broad SMARTS) is 1. The first-order chi connectivity index (χ1) is 12.0. The molecule has 1 fully saturated rings. The number of benzene rings is 1. The molecule has 0 radical (unpaired) electrons. The molecule has 0 aliphatic carbocycles. The van der Waals surface area contributed by atoms with Crippen LogP contribution in [0.1, 0.15) is 41.1 Å². The molecule has 2 heterocycles. The van der Waals surface area contributed by atoms with Gasteiger partial charge in [0.05, 0.1) is 11.8 Å². The molecule has 2 aromatic rings. The van der Waals surface area contributed by atoms with Crippen molar-refractivity contribution in [1.82, 2.24) is 14.7 Å². The monoisotopic (exact) mass is 345 g/mol. The second-order valence-electron chi connectivity index (χ2n) is 6.29. The van der Waals surface area contributed by atoms with Gasteiger partial charge in [0.1, 0.15) is 12.4 Å². The maximum Gasteiger partial charge on any atom is 0.338 e. The van der Waals surface area contributed by atoms with Gasteiger partial charge in [-0.1, -0.05) is 12.1 Å². The highest BCUT2D eigenvalue weighted by molar-refractivity contribution is 5.87. The van der Waals surface area contributed by atoms with E-state index in [1.165, 1.54) is 29.2 Å². The molecule has 1 aromatic heterocycles. The molecule has 1 atom stereocenters. The Balaban J connectivity index is 1.59. The quantitative estimate of drug-likeness (QED) is 0.924. The summed E-state index contributed by atoms with van der Waals surface area (Å²) in [6.07, 6.45) is 5.27. The summed E-state index contributed by atoms with van der Waals surface area (Å²) in [6.45, 7) is 1.34. The van der Waals surface area contributed by atoms with Crippen molar-refractivity contribution in [1.29, 1.82) is 0 Å². The Kier molecular flexibility index (Phi) is 5.11. The van der Waals surface area contributed by atoms with E-state index in [1.807, 2.05) is 12.1 Å². The van der Waals surface area contributed by atoms with Gasteiger partial charge in [0.2, 0.25) is 5.91 Å². The van der Waals surface area contributed by atoms with Gasteiger partial charge < -0.3 is 10.0 Å². The minimum atomic E-state index is -1.06. The van der Waals surface area contributed by atoms with Gasteiger partial charge in [-0.3, -0.25) is 9.48 Å². The van der Waals surface area contributed by atoms with Crippen LogP contribution in [-0.4, -0.2) is 44.8 Å². The van der Waals surface area contributed by atoms with Crippen LogP contribution < -0.4 is 0 Å². The first-order valence-electron chi connectivity index (χ1n) is 8.32. The molecule has 0 saturated carbocycles. The van der Waals surface area contributed by atoms with Crippen LogP contribution in [0, 0.1) is 5.82 Å². The normalized spacial score (nSPS) is 18.0. The van der Waals surface area contributed by atoms with E-state index in [9.17, 15) is 14.0 Å². The summed E-state index contributed by atoms with van der Waals surface area (Å²) in [5.74, 6) is -1.05. The van der Waals surface area contributed by atoms with Crippen LogP contribution in [0.15, 0.2) is 36.7 Å². The second kappa shape index (κ2) is 7.46. The highest BCUT2D eigenvalue weighted by Crippen LogP contribution is 2.28. The summed E-state index contributed by atoms with van der Waals surface area (Å²) in [6, 6.07) is 6.57. The molecule has 0 bridgehead atoms. The number of nitrogens with zero attached hydrogens (tertiary/aromatic N) is 3. The second-order valence-corrected chi connectivity index (χ2v) is 6.29. The van der Waals surface area contributed by atoms with E-state index in [2.05, 4.69) is 5.10 Å². The summed E-state index contributed by atoms with van der Waals surface area (Å²) in [5.41, 5.74) is 1.17. The topological polar surface area (TPSA) is 75.4 Å². The standard InChI is InChI=1S/C18H20FN3O3/c19-16-5-3-14(4-6-16)13-2-1-8-21(9-7-13)17(23)12-22-11-15(10-20-22)18(24)25/h3-6,10-11,13H,1-2,7-9,12H2,(H,24,25). The average molecular weight is 345 g/mol. The zero-order valence-electron chi connectivity index (χ0n) is 13.8. The maximum atomic E-state index is 13.1. The molecule has 0 spiro atoms. The summed E-state index contributed by atoms with van der Waals surface area (Å²) >= 11 is 0. The number of carbonyl (C=O) groups is 2. The molecule has 3 rings (SSSR count). The van der Waals surface area contributed by atoms with E-state index >= 15 is 0 Å². The molecule has 1 unspecified atom stereocenters. The van der Waals surface area contributed by atoms with Gasteiger partial charge in [-0.2, -0.15) is 5.10 Å². The number of hydrogen-bond acceptors (Lipinski definition) is 3. The van der Waals surface area contributed by atoms with E-state index in [0.29, 0.717) is 19.0 Å². The summed E-state index contributed by atoms with van der Waals surface area (Å²) in [7, 11) is 0. The molecule has 1 amide bonds. The van der Waals surface area contributed by atoms with Crippen molar-refractivity contribution in [3.05, 3.63) is 53.6 Å². The third kappa shape index (κ3) is 4.23. The highest BCUT2D eigenvalue weighted by Gasteiger charge is 2.22. The van der Waals surface area contributed by atoms with Gasteiger partial charge in [0.15, 0.2) is 0 Å². The Bertz CT molecular complexity index is 757. The van der Waals surface area contributed by atoms with Crippen LogP contribution in [0.4, 0.5) is 4.39 Å². The first kappa shape index (κ1) is 17.1. The molecule has 1 aliphatic rings. The van der Waals surface area contributed by atoms with Gasteiger partial charge in [-0.15, -0.1) is 0 Å². The van der Waals surface area contributed by atoms with E-state index in [4.69, 9.17) is 5.11 Å². The van der Waals surface area contributed by atoms with Crippen molar-refractivity contribution < 1.29 is 19.1 Å². The molecule has 6 nitrogen and oxygen atoms in total. The smallest absolute Gasteiger partial charge is 0.338 e. The first-order valence-corrected chi connectivity index (χ1v) is 8.32. The van der Waals surface area contributed by atoms with Crippen LogP contribution in [0.25, 0.3) is 0 Å². The number of carboxylic acids is 1. The van der Waals surface area contributed by atoms with Gasteiger partial charge in [0, 0.05) is 19.3 Å². The molecular formula is C18H20FN3O3. The van der Waals surface area contributed by atoms with Crippen molar-refractivity contribution in [2.45, 2.75) is 31.7 Å². The van der Waals surface area contributed by atoms with Gasteiger partial charge in [-0.05, 0) is 42.9 Å². The Labute approximate surface area is 144 Å². The van der Waals surface area contributed by atoms with Crippen molar-refractivity contribution >= 4 is 11.9 Å². The fraction of sp³-hybridized carbons (Fsp3) is 0.389. The number of carbonyl (C=O) groups excluding carboxylic acids is 1. The SMILES string of the molecule is O=C(O)c1cnn(CC(=O)N2CCCC(c3ccc(F)cc3)CC2)c1. The number of aromatic nitrogens is 2. The van der Waals surface area contributed by atoms with Gasteiger partial charge in [-0.25, -0.2) is 9.18 Å². The number of likely N-dealkylation sites (tertiary alicyclic amines) is 1. The zero-order chi connectivity index (χ0) is 17.8. The van der Waals surface area contributed by atoms with Crippen molar-refractivity contribution in [2.24, 2.45) is 0 Å². The lowest BCUT2D eigenvalue weighted by Crippen LogP contribution is -2.34. The number of aromatic carboxylic acids is 1. The number of rotatable bonds is 4. The fourth-order valence-corrected chi connectivity index (χ4v) is 3.21. The van der Waals surface area contributed by atoms with Crippen molar-refractivity contribution in [3.8, 4) is 0 Å². The summed E-state index contributed by atoms with van der Waals surface area (Å²) in [4.78, 5) is 25.1. The van der Waals surface area contributed by atoms with Crippen molar-refractivity contribution in [2.75, 3.05) is 13.1 Å². The van der Waals surface area contributed by atoms with Crippen LogP contribution >= 0.6 is 0 Å². The molecule has 25 heavy (non-hydrogen) atoms. The Hall–Kier alpha value is -2.70. The van der Waals surface area contributed by atoms with Crippen LogP contribution in [0.2, 0.25) is 0 Å². The van der Waals surface area contributed by atoms with E-state index in [0.717, 1.165) is 24.8 Å². The van der Waals surface area contributed by atoms with Crippen molar-refractivity contribution in [3.63, 3.8) is 0 Å². The van der Waals surface area contributed by atoms with Crippen LogP contribution in [-0.2, 0) is 11.3 Å². The Morgan fingerprint density at radius 2 is 1.96 bits per heavy atom. The average Bonchev–Trinajstić information content (AvgIpc) is 2.91. The molecule has 132 valence electrons. The molecule has 1 saturated heterocycles.